The van der Waals surface area contributed by atoms with Gasteiger partial charge in [-0.15, -0.1) is 0 Å². The van der Waals surface area contributed by atoms with Crippen LogP contribution >= 0.6 is 0 Å². The number of hydrogen-bond donors (Lipinski definition) is 1. The first-order valence-electron chi connectivity index (χ1n) is 5.97. The zero-order valence-electron chi connectivity index (χ0n) is 10.5. The van der Waals surface area contributed by atoms with Gasteiger partial charge in [-0.1, -0.05) is 18.8 Å². The number of benzene rings is 1. The summed E-state index contributed by atoms with van der Waals surface area (Å²) in [5, 5.41) is 0. The van der Waals surface area contributed by atoms with Crippen LogP contribution < -0.4 is 10.5 Å². The van der Waals surface area contributed by atoms with Crippen molar-refractivity contribution in [2.45, 2.75) is 13.3 Å². The molecule has 2 N–H and O–H groups in total. The first kappa shape index (κ1) is 14.5. The van der Waals surface area contributed by atoms with E-state index in [1.54, 1.807) is 6.07 Å². The average molecular weight is 251 g/mol. The highest BCUT2D eigenvalue weighted by molar-refractivity contribution is 5.46. The molecular weight excluding hydrogens is 233 g/mol. The summed E-state index contributed by atoms with van der Waals surface area (Å²) in [5.41, 5.74) is 5.80. The first-order valence-corrected chi connectivity index (χ1v) is 5.97. The van der Waals surface area contributed by atoms with E-state index >= 15 is 0 Å². The maximum atomic E-state index is 13.1. The van der Waals surface area contributed by atoms with Gasteiger partial charge < -0.3 is 15.2 Å². The van der Waals surface area contributed by atoms with E-state index in [-0.39, 0.29) is 12.4 Å². The summed E-state index contributed by atoms with van der Waals surface area (Å²) < 4.78 is 23.9. The van der Waals surface area contributed by atoms with E-state index in [4.69, 9.17) is 15.2 Å². The highest BCUT2D eigenvalue weighted by Crippen LogP contribution is 2.18. The van der Waals surface area contributed by atoms with E-state index in [1.165, 1.54) is 12.1 Å². The molecule has 0 radical (unpaired) electrons. The van der Waals surface area contributed by atoms with Crippen LogP contribution in [-0.4, -0.2) is 26.4 Å². The Morgan fingerprint density at radius 1 is 1.28 bits per heavy atom. The van der Waals surface area contributed by atoms with Crippen molar-refractivity contribution >= 4 is 0 Å². The highest BCUT2D eigenvalue weighted by Gasteiger charge is 2.03. The molecule has 98 valence electrons. The minimum Gasteiger partial charge on any atom is -0.490 e. The van der Waals surface area contributed by atoms with E-state index in [0.29, 0.717) is 31.1 Å². The molecule has 1 rings (SSSR count). The van der Waals surface area contributed by atoms with Crippen LogP contribution in [0.4, 0.5) is 4.39 Å². The van der Waals surface area contributed by atoms with Crippen LogP contribution in [0.15, 0.2) is 18.2 Å². The van der Waals surface area contributed by atoms with Crippen molar-refractivity contribution < 1.29 is 13.9 Å². The fraction of sp³-hybridized carbons (Fsp3) is 0.429. The Labute approximate surface area is 107 Å². The molecule has 0 fully saturated rings. The molecule has 0 aliphatic rings. The molecule has 0 aromatic heterocycles. The van der Waals surface area contributed by atoms with Crippen LogP contribution in [0.5, 0.6) is 5.75 Å². The van der Waals surface area contributed by atoms with E-state index < -0.39 is 0 Å². The molecule has 0 unspecified atom stereocenters. The zero-order valence-corrected chi connectivity index (χ0v) is 10.5. The monoisotopic (exact) mass is 251 g/mol. The average Bonchev–Trinajstić information content (AvgIpc) is 2.38. The Morgan fingerprint density at radius 2 is 2.11 bits per heavy atom. The molecule has 3 nitrogen and oxygen atoms in total. The molecule has 0 saturated heterocycles. The van der Waals surface area contributed by atoms with Gasteiger partial charge in [-0.05, 0) is 24.6 Å². The molecule has 0 spiro atoms. The van der Waals surface area contributed by atoms with Crippen molar-refractivity contribution in [1.29, 1.82) is 0 Å². The second kappa shape index (κ2) is 8.51. The van der Waals surface area contributed by atoms with Crippen molar-refractivity contribution in [3.63, 3.8) is 0 Å². The molecular formula is C14H18FNO2. The van der Waals surface area contributed by atoms with Gasteiger partial charge in [0, 0.05) is 6.61 Å². The standard InChI is InChI=1S/C14H18FNO2/c1-2-8-17-9-10-18-14-6-5-13(15)11-12(14)4-3-7-16/h5-6,11H,2,7-10,16H2,1H3. The maximum absolute atomic E-state index is 13.1. The summed E-state index contributed by atoms with van der Waals surface area (Å²) in [5.74, 6) is 5.68. The lowest BCUT2D eigenvalue weighted by Crippen LogP contribution is -2.08. The number of halogens is 1. The van der Waals surface area contributed by atoms with E-state index in [2.05, 4.69) is 11.8 Å². The second-order valence-electron chi connectivity index (χ2n) is 3.61. The Hall–Kier alpha value is -1.57. The van der Waals surface area contributed by atoms with Crippen LogP contribution in [0.1, 0.15) is 18.9 Å². The summed E-state index contributed by atoms with van der Waals surface area (Å²) in [6, 6.07) is 4.25. The maximum Gasteiger partial charge on any atom is 0.135 e. The fourth-order valence-electron chi connectivity index (χ4n) is 1.33. The van der Waals surface area contributed by atoms with Crippen LogP contribution in [0.25, 0.3) is 0 Å². The van der Waals surface area contributed by atoms with Crippen molar-refractivity contribution in [2.75, 3.05) is 26.4 Å². The van der Waals surface area contributed by atoms with Crippen molar-refractivity contribution in [3.05, 3.63) is 29.6 Å². The molecule has 0 aliphatic carbocycles. The van der Waals surface area contributed by atoms with Gasteiger partial charge in [-0.25, -0.2) is 4.39 Å². The van der Waals surface area contributed by atoms with Gasteiger partial charge in [0.25, 0.3) is 0 Å². The number of hydrogen-bond acceptors (Lipinski definition) is 3. The SMILES string of the molecule is CCCOCCOc1ccc(F)cc1C#CCN. The van der Waals surface area contributed by atoms with Gasteiger partial charge in [-0.3, -0.25) is 0 Å². The van der Waals surface area contributed by atoms with Gasteiger partial charge in [0.1, 0.15) is 18.2 Å². The molecule has 0 atom stereocenters. The van der Waals surface area contributed by atoms with Gasteiger partial charge in [0.15, 0.2) is 0 Å². The lowest BCUT2D eigenvalue weighted by molar-refractivity contribution is 0.100. The molecule has 0 saturated carbocycles. The molecule has 0 amide bonds. The van der Waals surface area contributed by atoms with E-state index in [1.807, 2.05) is 6.92 Å². The number of ether oxygens (including phenoxy) is 2. The van der Waals surface area contributed by atoms with Gasteiger partial charge >= 0.3 is 0 Å². The normalized spacial score (nSPS) is 9.72. The largest absolute Gasteiger partial charge is 0.490 e. The van der Waals surface area contributed by atoms with Crippen LogP contribution in [0.2, 0.25) is 0 Å². The first-order chi connectivity index (χ1) is 8.77. The molecule has 0 aliphatic heterocycles. The van der Waals surface area contributed by atoms with E-state index in [9.17, 15) is 4.39 Å². The second-order valence-corrected chi connectivity index (χ2v) is 3.61. The van der Waals surface area contributed by atoms with Crippen LogP contribution in [-0.2, 0) is 4.74 Å². The summed E-state index contributed by atoms with van der Waals surface area (Å²) in [6.45, 7) is 3.92. The molecule has 4 heteroatoms. The van der Waals surface area contributed by atoms with Crippen molar-refractivity contribution in [2.24, 2.45) is 5.73 Å². The third-order valence-corrected chi connectivity index (χ3v) is 2.10. The molecule has 18 heavy (non-hydrogen) atoms. The van der Waals surface area contributed by atoms with Gasteiger partial charge in [-0.2, -0.15) is 0 Å². The molecule has 1 aromatic carbocycles. The third kappa shape index (κ3) is 5.17. The summed E-state index contributed by atoms with van der Waals surface area (Å²) in [4.78, 5) is 0. The highest BCUT2D eigenvalue weighted by atomic mass is 19.1. The summed E-state index contributed by atoms with van der Waals surface area (Å²) >= 11 is 0. The lowest BCUT2D eigenvalue weighted by atomic mass is 10.2. The Bertz CT molecular complexity index is 424. The molecule has 0 heterocycles. The van der Waals surface area contributed by atoms with E-state index in [0.717, 1.165) is 6.42 Å². The quantitative estimate of drug-likeness (QED) is 0.620. The topological polar surface area (TPSA) is 44.5 Å². The van der Waals surface area contributed by atoms with Gasteiger partial charge in [0.2, 0.25) is 0 Å². The Morgan fingerprint density at radius 3 is 2.83 bits per heavy atom. The van der Waals surface area contributed by atoms with Crippen LogP contribution in [0, 0.1) is 17.7 Å². The minimum absolute atomic E-state index is 0.232. The minimum atomic E-state index is -0.342. The Kier molecular flexibility index (Phi) is 6.85. The fourth-order valence-corrected chi connectivity index (χ4v) is 1.33. The summed E-state index contributed by atoms with van der Waals surface area (Å²) in [7, 11) is 0. The number of rotatable bonds is 6. The van der Waals surface area contributed by atoms with Crippen LogP contribution in [0.3, 0.4) is 0 Å². The predicted octanol–water partition coefficient (Wildman–Crippen LogP) is 1.94. The zero-order chi connectivity index (χ0) is 13.2. The van der Waals surface area contributed by atoms with Crippen molar-refractivity contribution in [1.82, 2.24) is 0 Å². The van der Waals surface area contributed by atoms with Crippen molar-refractivity contribution in [3.8, 4) is 17.6 Å². The lowest BCUT2D eigenvalue weighted by Gasteiger charge is -2.08. The predicted molar refractivity (Wildman–Crippen MR) is 68.9 cm³/mol. The molecule has 0 bridgehead atoms. The molecule has 1 aromatic rings. The third-order valence-electron chi connectivity index (χ3n) is 2.10. The summed E-state index contributed by atoms with van der Waals surface area (Å²) in [6.07, 6.45) is 0.976. The Balaban J connectivity index is 2.58. The van der Waals surface area contributed by atoms with Gasteiger partial charge in [0.05, 0.1) is 18.7 Å². The number of nitrogens with two attached hydrogens (primary N) is 1. The smallest absolute Gasteiger partial charge is 0.135 e.